The van der Waals surface area contributed by atoms with Gasteiger partial charge in [-0.3, -0.25) is 4.79 Å². The van der Waals surface area contributed by atoms with Crippen molar-refractivity contribution in [3.05, 3.63) is 65.3 Å². The molecule has 2 N–H and O–H groups in total. The fraction of sp³-hybridized carbons (Fsp3) is 0.200. The van der Waals surface area contributed by atoms with Crippen LogP contribution in [-0.2, 0) is 11.3 Å². The molecule has 0 aliphatic carbocycles. The minimum Gasteiger partial charge on any atom is -0.381 e. The molecule has 0 spiro atoms. The number of amides is 1. The van der Waals surface area contributed by atoms with E-state index < -0.39 is 0 Å². The van der Waals surface area contributed by atoms with Gasteiger partial charge in [0.15, 0.2) is 0 Å². The first-order valence-electron chi connectivity index (χ1n) is 8.22. The number of carbonyl (C=O) groups excluding carboxylic acids is 1. The highest BCUT2D eigenvalue weighted by Crippen LogP contribution is 2.22. The van der Waals surface area contributed by atoms with E-state index in [4.69, 9.17) is 11.6 Å². The van der Waals surface area contributed by atoms with Crippen LogP contribution >= 0.6 is 11.6 Å². The molecule has 0 saturated carbocycles. The van der Waals surface area contributed by atoms with Crippen molar-refractivity contribution < 1.29 is 4.79 Å². The zero-order chi connectivity index (χ0) is 17.8. The Kier molecular flexibility index (Phi) is 5.19. The second kappa shape index (κ2) is 7.53. The van der Waals surface area contributed by atoms with Crippen molar-refractivity contribution in [2.75, 3.05) is 10.6 Å². The van der Waals surface area contributed by atoms with Crippen LogP contribution in [0.4, 0.5) is 11.4 Å². The zero-order valence-corrected chi connectivity index (χ0v) is 15.0. The Balaban J connectivity index is 1.67. The van der Waals surface area contributed by atoms with Crippen molar-refractivity contribution in [3.63, 3.8) is 0 Å². The molecule has 25 heavy (non-hydrogen) atoms. The Morgan fingerprint density at radius 3 is 2.48 bits per heavy atom. The van der Waals surface area contributed by atoms with Gasteiger partial charge in [-0.25, -0.2) is 4.98 Å². The van der Waals surface area contributed by atoms with Crippen LogP contribution in [0, 0.1) is 5.92 Å². The fourth-order valence-electron chi connectivity index (χ4n) is 2.42. The lowest BCUT2D eigenvalue weighted by Gasteiger charge is -2.11. The third-order valence-corrected chi connectivity index (χ3v) is 4.24. The number of anilines is 2. The molecule has 128 valence electrons. The highest BCUT2D eigenvalue weighted by Gasteiger charge is 2.07. The molecule has 0 aliphatic heterocycles. The molecule has 0 fully saturated rings. The summed E-state index contributed by atoms with van der Waals surface area (Å²) in [7, 11) is 0. The standard InChI is InChI=1S/C20H20ClN3O/c1-13(2)20(25)23-17-9-7-16(8-10-17)22-12-15-11-14-5-3-4-6-18(14)24-19(15)21/h3-11,13,22H,12H2,1-2H3,(H,23,25). The van der Waals surface area contributed by atoms with E-state index in [1.807, 2.05) is 62.4 Å². The minimum atomic E-state index is -0.0413. The Bertz CT molecular complexity index is 891. The van der Waals surface area contributed by atoms with Gasteiger partial charge in [0, 0.05) is 34.8 Å². The predicted molar refractivity (Wildman–Crippen MR) is 104 cm³/mol. The minimum absolute atomic E-state index is 0.00901. The van der Waals surface area contributed by atoms with Crippen LogP contribution in [-0.4, -0.2) is 10.9 Å². The second-order valence-corrected chi connectivity index (χ2v) is 6.56. The molecule has 3 rings (SSSR count). The molecular formula is C20H20ClN3O. The first-order valence-corrected chi connectivity index (χ1v) is 8.59. The Morgan fingerprint density at radius 2 is 1.76 bits per heavy atom. The summed E-state index contributed by atoms with van der Waals surface area (Å²) in [6.45, 7) is 4.31. The maximum Gasteiger partial charge on any atom is 0.226 e. The number of hydrogen-bond acceptors (Lipinski definition) is 3. The molecule has 4 nitrogen and oxygen atoms in total. The van der Waals surface area contributed by atoms with Gasteiger partial charge in [0.05, 0.1) is 5.52 Å². The smallest absolute Gasteiger partial charge is 0.226 e. The van der Waals surface area contributed by atoms with Crippen LogP contribution in [0.3, 0.4) is 0 Å². The molecule has 3 aromatic rings. The number of fused-ring (bicyclic) bond motifs is 1. The van der Waals surface area contributed by atoms with Crippen LogP contribution in [0.25, 0.3) is 10.9 Å². The number of rotatable bonds is 5. The highest BCUT2D eigenvalue weighted by atomic mass is 35.5. The van der Waals surface area contributed by atoms with Crippen molar-refractivity contribution in [3.8, 4) is 0 Å². The number of carbonyl (C=O) groups is 1. The monoisotopic (exact) mass is 353 g/mol. The number of nitrogens with one attached hydrogen (secondary N) is 2. The van der Waals surface area contributed by atoms with Gasteiger partial charge in [0.1, 0.15) is 5.15 Å². The molecule has 5 heteroatoms. The van der Waals surface area contributed by atoms with Crippen LogP contribution in [0.1, 0.15) is 19.4 Å². The molecule has 1 amide bonds. The van der Waals surface area contributed by atoms with Crippen LogP contribution in [0.5, 0.6) is 0 Å². The second-order valence-electron chi connectivity index (χ2n) is 6.21. The van der Waals surface area contributed by atoms with Crippen LogP contribution in [0.2, 0.25) is 5.15 Å². The number of halogens is 1. The summed E-state index contributed by atoms with van der Waals surface area (Å²) in [5.41, 5.74) is 3.57. The van der Waals surface area contributed by atoms with E-state index in [9.17, 15) is 4.79 Å². The van der Waals surface area contributed by atoms with E-state index in [-0.39, 0.29) is 11.8 Å². The van der Waals surface area contributed by atoms with Gasteiger partial charge in [0.2, 0.25) is 5.91 Å². The molecule has 1 aromatic heterocycles. The fourth-order valence-corrected chi connectivity index (χ4v) is 2.63. The normalized spacial score (nSPS) is 10.9. The van der Waals surface area contributed by atoms with Crippen molar-refractivity contribution in [1.29, 1.82) is 0 Å². The van der Waals surface area contributed by atoms with Crippen molar-refractivity contribution in [2.45, 2.75) is 20.4 Å². The topological polar surface area (TPSA) is 54.0 Å². The first-order chi connectivity index (χ1) is 12.0. The van der Waals surface area contributed by atoms with Gasteiger partial charge < -0.3 is 10.6 Å². The maximum atomic E-state index is 11.7. The Morgan fingerprint density at radius 1 is 1.08 bits per heavy atom. The maximum absolute atomic E-state index is 11.7. The van der Waals surface area contributed by atoms with Crippen LogP contribution in [0.15, 0.2) is 54.6 Å². The lowest BCUT2D eigenvalue weighted by Crippen LogP contribution is -2.17. The lowest BCUT2D eigenvalue weighted by molar-refractivity contribution is -0.118. The van der Waals surface area contributed by atoms with Gasteiger partial charge in [-0.2, -0.15) is 0 Å². The first kappa shape index (κ1) is 17.2. The number of hydrogen-bond donors (Lipinski definition) is 2. The van der Waals surface area contributed by atoms with E-state index in [0.29, 0.717) is 11.7 Å². The zero-order valence-electron chi connectivity index (χ0n) is 14.2. The number of benzene rings is 2. The molecule has 2 aromatic carbocycles. The summed E-state index contributed by atoms with van der Waals surface area (Å²) in [5.74, 6) is -0.0323. The summed E-state index contributed by atoms with van der Waals surface area (Å²) in [5, 5.41) is 7.78. The summed E-state index contributed by atoms with van der Waals surface area (Å²) in [6, 6.07) is 17.6. The number of pyridine rings is 1. The number of nitrogens with zero attached hydrogens (tertiary/aromatic N) is 1. The summed E-state index contributed by atoms with van der Waals surface area (Å²) in [4.78, 5) is 16.1. The van der Waals surface area contributed by atoms with E-state index in [1.165, 1.54) is 0 Å². The van der Waals surface area contributed by atoms with Gasteiger partial charge in [0.25, 0.3) is 0 Å². The van der Waals surface area contributed by atoms with Gasteiger partial charge in [-0.15, -0.1) is 0 Å². The molecule has 0 aliphatic rings. The van der Waals surface area contributed by atoms with Gasteiger partial charge >= 0.3 is 0 Å². The molecule has 0 radical (unpaired) electrons. The van der Waals surface area contributed by atoms with E-state index in [1.54, 1.807) is 0 Å². The molecule has 1 heterocycles. The molecule has 0 atom stereocenters. The molecular weight excluding hydrogens is 334 g/mol. The average molecular weight is 354 g/mol. The largest absolute Gasteiger partial charge is 0.381 e. The highest BCUT2D eigenvalue weighted by molar-refractivity contribution is 6.30. The quantitative estimate of drug-likeness (QED) is 0.628. The molecule has 0 saturated heterocycles. The van der Waals surface area contributed by atoms with E-state index >= 15 is 0 Å². The lowest BCUT2D eigenvalue weighted by atomic mass is 10.1. The van der Waals surface area contributed by atoms with E-state index in [0.717, 1.165) is 27.8 Å². The van der Waals surface area contributed by atoms with Gasteiger partial charge in [-0.1, -0.05) is 43.6 Å². The third kappa shape index (κ3) is 4.28. The summed E-state index contributed by atoms with van der Waals surface area (Å²) >= 11 is 6.28. The van der Waals surface area contributed by atoms with Crippen molar-refractivity contribution in [1.82, 2.24) is 4.98 Å². The third-order valence-electron chi connectivity index (χ3n) is 3.91. The van der Waals surface area contributed by atoms with E-state index in [2.05, 4.69) is 21.7 Å². The van der Waals surface area contributed by atoms with Crippen molar-refractivity contribution >= 4 is 39.8 Å². The predicted octanol–water partition coefficient (Wildman–Crippen LogP) is 5.09. The van der Waals surface area contributed by atoms with Gasteiger partial charge in [-0.05, 0) is 36.4 Å². The summed E-state index contributed by atoms with van der Waals surface area (Å²) in [6.07, 6.45) is 0. The van der Waals surface area contributed by atoms with Crippen molar-refractivity contribution in [2.24, 2.45) is 5.92 Å². The Hall–Kier alpha value is -2.59. The molecule has 0 bridgehead atoms. The number of para-hydroxylation sites is 1. The number of aromatic nitrogens is 1. The van der Waals surface area contributed by atoms with Crippen LogP contribution < -0.4 is 10.6 Å². The Labute approximate surface area is 152 Å². The average Bonchev–Trinajstić information content (AvgIpc) is 2.61. The SMILES string of the molecule is CC(C)C(=O)Nc1ccc(NCc2cc3ccccc3nc2Cl)cc1. The summed E-state index contributed by atoms with van der Waals surface area (Å²) < 4.78 is 0. The molecule has 0 unspecified atom stereocenters.